The molecule has 0 aliphatic carbocycles. The van der Waals surface area contributed by atoms with Gasteiger partial charge < -0.3 is 9.64 Å². The van der Waals surface area contributed by atoms with E-state index in [4.69, 9.17) is 16.3 Å². The van der Waals surface area contributed by atoms with E-state index in [1.54, 1.807) is 43.3 Å². The predicted octanol–water partition coefficient (Wildman–Crippen LogP) is 3.10. The van der Waals surface area contributed by atoms with Crippen molar-refractivity contribution in [3.63, 3.8) is 0 Å². The fraction of sp³-hybridized carbons (Fsp3) is 0.500. The highest BCUT2D eigenvalue weighted by atomic mass is 35.5. The van der Waals surface area contributed by atoms with Gasteiger partial charge in [-0.25, -0.2) is 0 Å². The van der Waals surface area contributed by atoms with Crippen LogP contribution in [0, 0.1) is 0 Å². The van der Waals surface area contributed by atoms with E-state index in [0.29, 0.717) is 30.2 Å². The minimum absolute atomic E-state index is 0.0904. The monoisotopic (exact) mass is 474 g/mol. The van der Waals surface area contributed by atoms with Gasteiger partial charge in [-0.15, -0.1) is 0 Å². The molecular weight excluding hydrogens is 444 g/mol. The van der Waals surface area contributed by atoms with Crippen LogP contribution in [0.3, 0.4) is 0 Å². The molecule has 0 bridgehead atoms. The Labute approximate surface area is 199 Å². The zero-order chi connectivity index (χ0) is 24.0. The van der Waals surface area contributed by atoms with Gasteiger partial charge in [0, 0.05) is 45.2 Å². The van der Waals surface area contributed by atoms with Crippen LogP contribution in [0.2, 0.25) is 5.02 Å². The lowest BCUT2D eigenvalue weighted by atomic mass is 9.75. The van der Waals surface area contributed by atoms with E-state index >= 15 is 0 Å². The highest BCUT2D eigenvalue weighted by Gasteiger charge is 2.54. The Morgan fingerprint density at radius 3 is 2.79 bits per heavy atom. The molecule has 2 aromatic rings. The number of nitrogens with zero attached hydrogens (tertiary/aromatic N) is 3. The van der Waals surface area contributed by atoms with Crippen molar-refractivity contribution in [2.75, 3.05) is 27.3 Å². The van der Waals surface area contributed by atoms with Crippen molar-refractivity contribution < 1.29 is 19.1 Å². The topological polar surface area (TPSA) is 95.6 Å². The van der Waals surface area contributed by atoms with Gasteiger partial charge >= 0.3 is 0 Å². The Bertz CT molecular complexity index is 1010. The minimum atomic E-state index is -1.32. The summed E-state index contributed by atoms with van der Waals surface area (Å²) in [5.41, 5.74) is 0.947. The van der Waals surface area contributed by atoms with Crippen LogP contribution in [0.25, 0.3) is 0 Å². The lowest BCUT2D eigenvalue weighted by Crippen LogP contribution is -2.43. The number of rotatable bonds is 11. The number of aromatic nitrogens is 2. The minimum Gasteiger partial charge on any atom is -0.385 e. The molecule has 2 heterocycles. The van der Waals surface area contributed by atoms with E-state index in [1.165, 1.54) is 4.90 Å². The number of hydrogen-bond acceptors (Lipinski definition) is 5. The average molecular weight is 475 g/mol. The summed E-state index contributed by atoms with van der Waals surface area (Å²) < 4.78 is 5.06. The number of aryl methyl sites for hydroxylation is 1. The van der Waals surface area contributed by atoms with Gasteiger partial charge in [0.15, 0.2) is 0 Å². The van der Waals surface area contributed by atoms with E-state index in [0.717, 1.165) is 24.2 Å². The van der Waals surface area contributed by atoms with Gasteiger partial charge in [0.05, 0.1) is 23.3 Å². The second-order valence-corrected chi connectivity index (χ2v) is 8.90. The molecule has 1 aromatic heterocycles. The molecule has 0 unspecified atom stereocenters. The Morgan fingerprint density at radius 2 is 2.09 bits per heavy atom. The molecule has 1 fully saturated rings. The molecule has 0 saturated carbocycles. The van der Waals surface area contributed by atoms with E-state index in [9.17, 15) is 14.4 Å². The highest BCUT2D eigenvalue weighted by Crippen LogP contribution is 2.43. The molecule has 1 N–H and O–H groups in total. The average Bonchev–Trinajstić information content (AvgIpc) is 3.31. The third kappa shape index (κ3) is 5.45. The molecule has 0 radical (unpaired) electrons. The molecule has 0 spiro atoms. The largest absolute Gasteiger partial charge is 0.385 e. The van der Waals surface area contributed by atoms with Crippen molar-refractivity contribution in [3.8, 4) is 0 Å². The maximum Gasteiger partial charge on any atom is 0.240 e. The van der Waals surface area contributed by atoms with Gasteiger partial charge in [0.25, 0.3) is 0 Å². The quantitative estimate of drug-likeness (QED) is 0.399. The first-order valence-electron chi connectivity index (χ1n) is 11.2. The molecule has 1 aliphatic rings. The number of H-pyrrole nitrogens is 1. The fourth-order valence-electron chi connectivity index (χ4n) is 4.30. The number of imide groups is 1. The van der Waals surface area contributed by atoms with Crippen molar-refractivity contribution in [2.45, 2.75) is 51.0 Å². The summed E-state index contributed by atoms with van der Waals surface area (Å²) in [6.07, 6.45) is 2.14. The number of likely N-dealkylation sites (tertiary alicyclic amines) is 1. The van der Waals surface area contributed by atoms with Crippen LogP contribution in [0.15, 0.2) is 30.3 Å². The molecular formula is C24H31ClN4O4. The van der Waals surface area contributed by atoms with Crippen molar-refractivity contribution in [1.29, 1.82) is 0 Å². The third-order valence-corrected chi connectivity index (χ3v) is 6.33. The van der Waals surface area contributed by atoms with Crippen LogP contribution in [-0.4, -0.2) is 65.0 Å². The number of hydrogen-bond donors (Lipinski definition) is 1. The van der Waals surface area contributed by atoms with Crippen LogP contribution in [-0.2, 0) is 37.5 Å². The number of carbonyl (C=O) groups excluding carboxylic acids is 3. The van der Waals surface area contributed by atoms with Crippen LogP contribution in [0.5, 0.6) is 0 Å². The van der Waals surface area contributed by atoms with Crippen LogP contribution >= 0.6 is 11.6 Å². The van der Waals surface area contributed by atoms with Crippen molar-refractivity contribution in [2.24, 2.45) is 0 Å². The lowest BCUT2D eigenvalue weighted by molar-refractivity contribution is -0.142. The summed E-state index contributed by atoms with van der Waals surface area (Å²) in [4.78, 5) is 42.5. The Kier molecular flexibility index (Phi) is 8.26. The summed E-state index contributed by atoms with van der Waals surface area (Å²) in [6.45, 7) is 3.09. The molecule has 3 amide bonds. The third-order valence-electron chi connectivity index (χ3n) is 6.00. The van der Waals surface area contributed by atoms with Crippen molar-refractivity contribution in [3.05, 3.63) is 52.3 Å². The predicted molar refractivity (Wildman–Crippen MR) is 125 cm³/mol. The molecule has 1 aliphatic heterocycles. The Morgan fingerprint density at radius 1 is 1.33 bits per heavy atom. The van der Waals surface area contributed by atoms with E-state index in [-0.39, 0.29) is 37.1 Å². The zero-order valence-corrected chi connectivity index (χ0v) is 20.2. The lowest BCUT2D eigenvalue weighted by Gasteiger charge is -2.29. The van der Waals surface area contributed by atoms with E-state index < -0.39 is 5.41 Å². The molecule has 33 heavy (non-hydrogen) atoms. The second kappa shape index (κ2) is 10.9. The standard InChI is InChI=1S/C24H31ClN4O4/c1-4-8-17-13-18(27-26-17)16-28(2)21(30)14-24(19-9-5-6-10-20(19)25)15-22(31)29(23(24)32)11-7-12-33-3/h5-6,9-10,13H,4,7-8,11-12,14-16H2,1-3H3,(H,26,27)/t24-/m0/s1. The number of benzene rings is 1. The normalized spacial score (nSPS) is 18.2. The van der Waals surface area contributed by atoms with Gasteiger partial charge in [0.2, 0.25) is 17.7 Å². The highest BCUT2D eigenvalue weighted by molar-refractivity contribution is 6.32. The summed E-state index contributed by atoms with van der Waals surface area (Å²) in [5, 5.41) is 7.60. The van der Waals surface area contributed by atoms with Gasteiger partial charge in [-0.1, -0.05) is 43.1 Å². The first-order chi connectivity index (χ1) is 15.8. The van der Waals surface area contributed by atoms with Crippen LogP contribution < -0.4 is 0 Å². The number of halogens is 1. The van der Waals surface area contributed by atoms with Gasteiger partial charge in [-0.3, -0.25) is 24.4 Å². The van der Waals surface area contributed by atoms with Crippen LogP contribution in [0.4, 0.5) is 0 Å². The Hall–Kier alpha value is -2.71. The molecule has 1 aromatic carbocycles. The van der Waals surface area contributed by atoms with Gasteiger partial charge in [-0.05, 0) is 30.5 Å². The number of nitrogens with one attached hydrogen (secondary N) is 1. The SMILES string of the molecule is CCCc1cc(CN(C)C(=O)C[C@@]2(c3ccccc3Cl)CC(=O)N(CCCOC)C2=O)[nH]n1. The first-order valence-corrected chi connectivity index (χ1v) is 11.6. The van der Waals surface area contributed by atoms with Crippen molar-refractivity contribution >= 4 is 29.3 Å². The maximum absolute atomic E-state index is 13.6. The van der Waals surface area contributed by atoms with E-state index in [1.807, 2.05) is 6.07 Å². The van der Waals surface area contributed by atoms with Crippen LogP contribution in [0.1, 0.15) is 49.6 Å². The summed E-state index contributed by atoms with van der Waals surface area (Å²) >= 11 is 6.47. The van der Waals surface area contributed by atoms with Gasteiger partial charge in [-0.2, -0.15) is 5.10 Å². The first kappa shape index (κ1) is 24.9. The fourth-order valence-corrected chi connectivity index (χ4v) is 4.62. The summed E-state index contributed by atoms with van der Waals surface area (Å²) in [5.74, 6) is -0.934. The number of methoxy groups -OCH3 is 1. The number of ether oxygens (including phenoxy) is 1. The maximum atomic E-state index is 13.6. The molecule has 1 atom stereocenters. The smallest absolute Gasteiger partial charge is 0.240 e. The zero-order valence-electron chi connectivity index (χ0n) is 19.4. The molecule has 3 rings (SSSR count). The Balaban J connectivity index is 1.84. The molecule has 178 valence electrons. The molecule has 9 heteroatoms. The molecule has 1 saturated heterocycles. The molecule has 8 nitrogen and oxygen atoms in total. The summed E-state index contributed by atoms with van der Waals surface area (Å²) in [7, 11) is 3.25. The number of carbonyl (C=O) groups is 3. The van der Waals surface area contributed by atoms with Crippen molar-refractivity contribution in [1.82, 2.24) is 20.0 Å². The van der Waals surface area contributed by atoms with Gasteiger partial charge in [0.1, 0.15) is 0 Å². The number of aromatic amines is 1. The second-order valence-electron chi connectivity index (χ2n) is 8.50. The number of amides is 3. The van der Waals surface area contributed by atoms with E-state index in [2.05, 4.69) is 17.1 Å². The summed E-state index contributed by atoms with van der Waals surface area (Å²) in [6, 6.07) is 8.88.